The molecule has 0 bridgehead atoms. The van der Waals surface area contributed by atoms with Crippen LogP contribution >= 0.6 is 23.2 Å². The Morgan fingerprint density at radius 2 is 1.44 bits per heavy atom. The molecule has 0 amide bonds. The topological polar surface area (TPSA) is 9.23 Å². The Kier molecular flexibility index (Phi) is 5.22. The monoisotopic (exact) mass is 292 g/mol. The summed E-state index contributed by atoms with van der Waals surface area (Å²) in [5, 5.41) is 0. The number of ether oxygens (including phenoxy) is 1. The van der Waals surface area contributed by atoms with Gasteiger partial charge in [0, 0.05) is 0 Å². The molecule has 16 heavy (non-hydrogen) atoms. The molecule has 0 N–H and O–H groups in total. The average molecular weight is 293 g/mol. The van der Waals surface area contributed by atoms with Gasteiger partial charge >= 0.3 is 12.4 Å². The highest BCUT2D eigenvalue weighted by atomic mass is 35.5. The Bertz CT molecular complexity index is 224. The smallest absolute Gasteiger partial charge is 0.343 e. The van der Waals surface area contributed by atoms with Gasteiger partial charge in [0.05, 0.1) is 12.5 Å². The van der Waals surface area contributed by atoms with Crippen molar-refractivity contribution in [2.24, 2.45) is 0 Å². The molecule has 0 aliphatic carbocycles. The fourth-order valence-electron chi connectivity index (χ4n) is 0.937. The average Bonchev–Trinajstić information content (AvgIpc) is 1.70. The van der Waals surface area contributed by atoms with E-state index < -0.39 is 35.8 Å². The van der Waals surface area contributed by atoms with Crippen LogP contribution in [-0.2, 0) is 4.74 Å². The summed E-state index contributed by atoms with van der Waals surface area (Å²) >= 11 is 10.2. The Labute approximate surface area is 97.6 Å². The molecule has 0 aliphatic rings. The molecule has 0 spiro atoms. The van der Waals surface area contributed by atoms with Gasteiger partial charge < -0.3 is 4.74 Å². The number of rotatable bonds is 4. The Morgan fingerprint density at radius 3 is 1.75 bits per heavy atom. The molecule has 98 valence electrons. The predicted molar refractivity (Wildman–Crippen MR) is 46.3 cm³/mol. The molecule has 0 aromatic heterocycles. The Balaban J connectivity index is 4.26. The molecule has 9 heteroatoms. The third-order valence-electron chi connectivity index (χ3n) is 1.30. The molecular weight excluding hydrogens is 285 g/mol. The lowest BCUT2D eigenvalue weighted by Gasteiger charge is -2.26. The summed E-state index contributed by atoms with van der Waals surface area (Å²) in [4.78, 5) is 0. The Morgan fingerprint density at radius 1 is 1.00 bits per heavy atom. The molecule has 1 nitrogen and oxygen atoms in total. The van der Waals surface area contributed by atoms with Gasteiger partial charge in [-0.3, -0.25) is 0 Å². The van der Waals surface area contributed by atoms with Crippen molar-refractivity contribution < 1.29 is 31.1 Å². The van der Waals surface area contributed by atoms with E-state index in [0.29, 0.717) is 0 Å². The lowest BCUT2D eigenvalue weighted by atomic mass is 10.3. The van der Waals surface area contributed by atoms with E-state index in [4.69, 9.17) is 23.2 Å². The lowest BCUT2D eigenvalue weighted by molar-refractivity contribution is -0.182. The van der Waals surface area contributed by atoms with Gasteiger partial charge in [0.25, 0.3) is 0 Å². The van der Waals surface area contributed by atoms with Crippen LogP contribution in [0.2, 0.25) is 0 Å². The second kappa shape index (κ2) is 5.18. The van der Waals surface area contributed by atoms with Crippen LogP contribution in [0, 0.1) is 0 Å². The van der Waals surface area contributed by atoms with E-state index in [-0.39, 0.29) is 0 Å². The maximum Gasteiger partial charge on any atom is 0.394 e. The van der Waals surface area contributed by atoms with Crippen LogP contribution in [0.15, 0.2) is 0 Å². The summed E-state index contributed by atoms with van der Waals surface area (Å²) in [7, 11) is 0. The van der Waals surface area contributed by atoms with Gasteiger partial charge in [-0.2, -0.15) is 26.3 Å². The first-order valence-corrected chi connectivity index (χ1v) is 4.75. The van der Waals surface area contributed by atoms with Crippen LogP contribution in [0.3, 0.4) is 0 Å². The van der Waals surface area contributed by atoms with Gasteiger partial charge in [-0.05, 0) is 6.92 Å². The minimum absolute atomic E-state index is 0.934. The van der Waals surface area contributed by atoms with Crippen LogP contribution in [0.5, 0.6) is 0 Å². The SMILES string of the molecule is CC(CC(F)(F)F)OC(Cl)(Cl)CC(F)(F)F. The highest BCUT2D eigenvalue weighted by Crippen LogP contribution is 2.38. The van der Waals surface area contributed by atoms with Crippen molar-refractivity contribution in [3.05, 3.63) is 0 Å². The van der Waals surface area contributed by atoms with Gasteiger partial charge in [0.1, 0.15) is 6.42 Å². The molecule has 0 heterocycles. The first-order valence-electron chi connectivity index (χ1n) is 4.00. The lowest BCUT2D eigenvalue weighted by Crippen LogP contribution is -2.32. The van der Waals surface area contributed by atoms with Gasteiger partial charge in [-0.1, -0.05) is 23.2 Å². The molecule has 0 rings (SSSR count). The highest BCUT2D eigenvalue weighted by molar-refractivity contribution is 6.47. The summed E-state index contributed by atoms with van der Waals surface area (Å²) in [5.74, 6) is 0. The molecule has 0 saturated heterocycles. The summed E-state index contributed by atoms with van der Waals surface area (Å²) in [6.07, 6.45) is -14.0. The molecule has 0 saturated carbocycles. The third kappa shape index (κ3) is 9.35. The van der Waals surface area contributed by atoms with Crippen molar-refractivity contribution in [3.8, 4) is 0 Å². The number of hydrogen-bond donors (Lipinski definition) is 0. The van der Waals surface area contributed by atoms with Gasteiger partial charge in [0.2, 0.25) is 4.52 Å². The normalized spacial score (nSPS) is 16.3. The van der Waals surface area contributed by atoms with E-state index in [0.717, 1.165) is 6.92 Å². The van der Waals surface area contributed by atoms with Crippen LogP contribution in [-0.4, -0.2) is 23.0 Å². The highest BCUT2D eigenvalue weighted by Gasteiger charge is 2.43. The van der Waals surface area contributed by atoms with E-state index in [2.05, 4.69) is 4.74 Å². The van der Waals surface area contributed by atoms with Crippen molar-refractivity contribution in [1.82, 2.24) is 0 Å². The van der Waals surface area contributed by atoms with Crippen LogP contribution in [0.25, 0.3) is 0 Å². The van der Waals surface area contributed by atoms with E-state index in [1.807, 2.05) is 0 Å². The summed E-state index contributed by atoms with van der Waals surface area (Å²) in [6.45, 7) is 0.934. The molecule has 0 aliphatic heterocycles. The first kappa shape index (κ1) is 16.1. The van der Waals surface area contributed by atoms with Crippen LogP contribution < -0.4 is 0 Å². The number of alkyl halides is 8. The van der Waals surface area contributed by atoms with Crippen molar-refractivity contribution >= 4 is 23.2 Å². The standard InChI is InChI=1S/C7H8Cl2F6O/c1-4(2-6(10,11)12)16-5(8,9)3-7(13,14)15/h4H,2-3H2,1H3. The summed E-state index contributed by atoms with van der Waals surface area (Å²) < 4.78 is 72.7. The van der Waals surface area contributed by atoms with Gasteiger partial charge in [-0.15, -0.1) is 0 Å². The van der Waals surface area contributed by atoms with Gasteiger partial charge in [0.15, 0.2) is 0 Å². The van der Waals surface area contributed by atoms with E-state index >= 15 is 0 Å². The summed E-state index contributed by atoms with van der Waals surface area (Å²) in [5.41, 5.74) is 0. The summed E-state index contributed by atoms with van der Waals surface area (Å²) in [6, 6.07) is 0. The molecule has 0 aromatic carbocycles. The number of hydrogen-bond acceptors (Lipinski definition) is 1. The van der Waals surface area contributed by atoms with Crippen LogP contribution in [0.1, 0.15) is 19.8 Å². The Hall–Kier alpha value is 0.120. The maximum atomic E-state index is 11.9. The van der Waals surface area contributed by atoms with Crippen molar-refractivity contribution in [2.75, 3.05) is 0 Å². The van der Waals surface area contributed by atoms with Crippen molar-refractivity contribution in [1.29, 1.82) is 0 Å². The van der Waals surface area contributed by atoms with Crippen molar-refractivity contribution in [3.63, 3.8) is 0 Å². The molecule has 0 radical (unpaired) electrons. The molecule has 0 fully saturated rings. The van der Waals surface area contributed by atoms with E-state index in [9.17, 15) is 26.3 Å². The van der Waals surface area contributed by atoms with Crippen LogP contribution in [0.4, 0.5) is 26.3 Å². The minimum atomic E-state index is -4.72. The largest absolute Gasteiger partial charge is 0.394 e. The second-order valence-electron chi connectivity index (χ2n) is 3.18. The minimum Gasteiger partial charge on any atom is -0.343 e. The fraction of sp³-hybridized carbons (Fsp3) is 1.00. The zero-order valence-corrected chi connectivity index (χ0v) is 9.44. The first-order chi connectivity index (χ1) is 6.81. The maximum absolute atomic E-state index is 11.9. The quantitative estimate of drug-likeness (QED) is 0.550. The van der Waals surface area contributed by atoms with E-state index in [1.54, 1.807) is 0 Å². The van der Waals surface area contributed by atoms with E-state index in [1.165, 1.54) is 0 Å². The molecule has 1 atom stereocenters. The fourth-order valence-corrected chi connectivity index (χ4v) is 1.54. The molecule has 1 unspecified atom stereocenters. The molecular formula is C7H8Cl2F6O. The van der Waals surface area contributed by atoms with Crippen molar-refractivity contribution in [2.45, 2.75) is 42.7 Å². The molecule has 0 aromatic rings. The number of halogens is 8. The predicted octanol–water partition coefficient (Wildman–Crippen LogP) is 4.43. The zero-order chi connectivity index (χ0) is 13.2. The zero-order valence-electron chi connectivity index (χ0n) is 7.92. The van der Waals surface area contributed by atoms with Gasteiger partial charge in [-0.25, -0.2) is 0 Å². The third-order valence-corrected chi connectivity index (χ3v) is 1.74. The second-order valence-corrected chi connectivity index (χ2v) is 4.59.